The van der Waals surface area contributed by atoms with Crippen LogP contribution in [-0.2, 0) is 23.8 Å². The van der Waals surface area contributed by atoms with E-state index < -0.39 is 27.4 Å². The Kier molecular flexibility index (Phi) is 2.19. The van der Waals surface area contributed by atoms with E-state index in [1.165, 1.54) is 0 Å². The van der Waals surface area contributed by atoms with Crippen LogP contribution in [0.15, 0.2) is 12.2 Å². The average molecular weight is 258 g/mol. The van der Waals surface area contributed by atoms with E-state index in [0.717, 1.165) is 6.42 Å². The first kappa shape index (κ1) is 11.2. The van der Waals surface area contributed by atoms with Crippen molar-refractivity contribution in [2.75, 3.05) is 0 Å². The van der Waals surface area contributed by atoms with Crippen LogP contribution in [0.5, 0.6) is 0 Å². The first-order valence-electron chi connectivity index (χ1n) is 5.69. The van der Waals surface area contributed by atoms with Crippen molar-refractivity contribution in [1.82, 2.24) is 0 Å². The third-order valence-corrected chi connectivity index (χ3v) is 5.78. The Morgan fingerprint density at radius 2 is 2.12 bits per heavy atom. The van der Waals surface area contributed by atoms with Gasteiger partial charge < -0.3 is 4.74 Å². The minimum Gasteiger partial charge on any atom is -0.457 e. The predicted molar refractivity (Wildman–Crippen MR) is 58.5 cm³/mol. The molecule has 1 heterocycles. The van der Waals surface area contributed by atoms with Crippen LogP contribution in [-0.4, -0.2) is 31.8 Å². The Bertz CT molecular complexity index is 492. The van der Waals surface area contributed by atoms with Gasteiger partial charge in [0, 0.05) is 17.4 Å². The van der Waals surface area contributed by atoms with Crippen molar-refractivity contribution in [3.05, 3.63) is 12.2 Å². The molecule has 2 aliphatic carbocycles. The number of carbonyl (C=O) groups excluding carboxylic acids is 1. The summed E-state index contributed by atoms with van der Waals surface area (Å²) in [6.45, 7) is 5.06. The fourth-order valence-corrected chi connectivity index (χ4v) is 5.32. The normalized spacial score (nSPS) is 44.9. The average Bonchev–Trinajstić information content (AvgIpc) is 2.77. The molecule has 3 fully saturated rings. The number of hydrogen-bond donors (Lipinski definition) is 0. The summed E-state index contributed by atoms with van der Waals surface area (Å²) in [5, 5.41) is -0.658. The maximum Gasteiger partial charge on any atom is 0.333 e. The smallest absolute Gasteiger partial charge is 0.333 e. The SMILES string of the molecule is C=C(C)C(=O)OC1C2CC3OS(=O)(=O)C1C3C2. The van der Waals surface area contributed by atoms with Gasteiger partial charge in [-0.05, 0) is 19.8 Å². The summed E-state index contributed by atoms with van der Waals surface area (Å²) in [5.41, 5.74) is 0.292. The summed E-state index contributed by atoms with van der Waals surface area (Å²) < 4.78 is 33.9. The van der Waals surface area contributed by atoms with Crippen LogP contribution < -0.4 is 0 Å². The molecule has 94 valence electrons. The largest absolute Gasteiger partial charge is 0.457 e. The fourth-order valence-electron chi connectivity index (χ4n) is 3.31. The van der Waals surface area contributed by atoms with E-state index >= 15 is 0 Å². The Morgan fingerprint density at radius 1 is 1.41 bits per heavy atom. The Balaban J connectivity index is 1.88. The molecular weight excluding hydrogens is 244 g/mol. The number of ether oxygens (including phenoxy) is 1. The summed E-state index contributed by atoms with van der Waals surface area (Å²) in [6, 6.07) is 0. The van der Waals surface area contributed by atoms with Crippen molar-refractivity contribution in [2.45, 2.75) is 37.2 Å². The zero-order valence-corrected chi connectivity index (χ0v) is 10.3. The van der Waals surface area contributed by atoms with E-state index in [0.29, 0.717) is 12.0 Å². The summed E-state index contributed by atoms with van der Waals surface area (Å²) >= 11 is 0. The lowest BCUT2D eigenvalue weighted by atomic mass is 9.95. The molecule has 6 heteroatoms. The highest BCUT2D eigenvalue weighted by atomic mass is 32.2. The molecule has 1 saturated heterocycles. The molecule has 0 aromatic heterocycles. The highest BCUT2D eigenvalue weighted by molar-refractivity contribution is 7.87. The summed E-state index contributed by atoms with van der Waals surface area (Å²) in [5.74, 6) is -0.385. The van der Waals surface area contributed by atoms with Crippen molar-refractivity contribution >= 4 is 16.1 Å². The minimum atomic E-state index is -3.56. The number of fused-ring (bicyclic) bond motifs is 1. The van der Waals surface area contributed by atoms with Gasteiger partial charge in [0.25, 0.3) is 10.1 Å². The maximum absolute atomic E-state index is 11.8. The first-order valence-corrected chi connectivity index (χ1v) is 7.16. The summed E-state index contributed by atoms with van der Waals surface area (Å²) in [7, 11) is -3.56. The second kappa shape index (κ2) is 3.32. The van der Waals surface area contributed by atoms with Crippen LogP contribution in [0.3, 0.4) is 0 Å². The number of rotatable bonds is 2. The fraction of sp³-hybridized carbons (Fsp3) is 0.727. The quantitative estimate of drug-likeness (QED) is 0.412. The molecule has 2 bridgehead atoms. The van der Waals surface area contributed by atoms with Crippen LogP contribution in [0.2, 0.25) is 0 Å². The van der Waals surface area contributed by atoms with E-state index in [9.17, 15) is 13.2 Å². The first-order chi connectivity index (χ1) is 7.90. The second-order valence-electron chi connectivity index (χ2n) is 5.14. The van der Waals surface area contributed by atoms with Crippen molar-refractivity contribution in [3.8, 4) is 0 Å². The van der Waals surface area contributed by atoms with Crippen LogP contribution in [0, 0.1) is 11.8 Å². The van der Waals surface area contributed by atoms with Gasteiger partial charge in [-0.2, -0.15) is 8.42 Å². The summed E-state index contributed by atoms with van der Waals surface area (Å²) in [4.78, 5) is 11.5. The molecule has 3 rings (SSSR count). The lowest BCUT2D eigenvalue weighted by Crippen LogP contribution is -2.39. The molecule has 0 amide bonds. The Morgan fingerprint density at radius 3 is 2.76 bits per heavy atom. The zero-order valence-electron chi connectivity index (χ0n) is 9.46. The van der Waals surface area contributed by atoms with Crippen LogP contribution in [0.1, 0.15) is 19.8 Å². The van der Waals surface area contributed by atoms with Gasteiger partial charge >= 0.3 is 5.97 Å². The predicted octanol–water partition coefficient (Wildman–Crippen LogP) is 0.611. The zero-order chi connectivity index (χ0) is 12.4. The van der Waals surface area contributed by atoms with Crippen LogP contribution >= 0.6 is 0 Å². The highest BCUT2D eigenvalue weighted by Gasteiger charge is 2.66. The third kappa shape index (κ3) is 1.47. The second-order valence-corrected chi connectivity index (χ2v) is 6.86. The molecule has 5 atom stereocenters. The molecular formula is C11H14O5S. The molecule has 0 radical (unpaired) electrons. The van der Waals surface area contributed by atoms with Gasteiger partial charge in [0.05, 0.1) is 6.10 Å². The number of hydrogen-bond acceptors (Lipinski definition) is 5. The Hall–Kier alpha value is -0.880. The standard InChI is InChI=1S/C11H14O5S/c1-5(2)11(12)15-9-6-3-7-8(4-6)16-17(13,14)10(7)9/h6-10H,1,3-4H2,2H3. The van der Waals surface area contributed by atoms with Gasteiger partial charge in [-0.25, -0.2) is 4.79 Å². The molecule has 0 N–H and O–H groups in total. The van der Waals surface area contributed by atoms with Gasteiger partial charge in [-0.15, -0.1) is 0 Å². The molecule has 17 heavy (non-hydrogen) atoms. The van der Waals surface area contributed by atoms with Gasteiger partial charge in [0.15, 0.2) is 0 Å². The van der Waals surface area contributed by atoms with Crippen molar-refractivity contribution in [2.24, 2.45) is 11.8 Å². The number of esters is 1. The lowest BCUT2D eigenvalue weighted by molar-refractivity contribution is -0.146. The summed E-state index contributed by atoms with van der Waals surface area (Å²) in [6.07, 6.45) is 0.722. The molecule has 0 aromatic rings. The molecule has 3 aliphatic rings. The van der Waals surface area contributed by atoms with E-state index in [1.807, 2.05) is 0 Å². The maximum atomic E-state index is 11.8. The molecule has 1 aliphatic heterocycles. The topological polar surface area (TPSA) is 69.7 Å². The van der Waals surface area contributed by atoms with Crippen LogP contribution in [0.4, 0.5) is 0 Å². The van der Waals surface area contributed by atoms with Crippen molar-refractivity contribution in [3.63, 3.8) is 0 Å². The van der Waals surface area contributed by atoms with Gasteiger partial charge in [-0.3, -0.25) is 4.18 Å². The van der Waals surface area contributed by atoms with Gasteiger partial charge in [-0.1, -0.05) is 6.58 Å². The van der Waals surface area contributed by atoms with Crippen LogP contribution in [0.25, 0.3) is 0 Å². The molecule has 5 unspecified atom stereocenters. The lowest BCUT2D eigenvalue weighted by Gasteiger charge is -2.24. The highest BCUT2D eigenvalue weighted by Crippen LogP contribution is 2.55. The van der Waals surface area contributed by atoms with E-state index in [1.54, 1.807) is 6.92 Å². The van der Waals surface area contributed by atoms with E-state index in [2.05, 4.69) is 6.58 Å². The number of carbonyl (C=O) groups is 1. The van der Waals surface area contributed by atoms with Gasteiger partial charge in [0.1, 0.15) is 11.4 Å². The van der Waals surface area contributed by atoms with Gasteiger partial charge in [0.2, 0.25) is 0 Å². The minimum absolute atomic E-state index is 0.00733. The molecule has 0 aromatic carbocycles. The van der Waals surface area contributed by atoms with E-state index in [-0.39, 0.29) is 17.9 Å². The third-order valence-electron chi connectivity index (χ3n) is 3.98. The monoisotopic (exact) mass is 258 g/mol. The van der Waals surface area contributed by atoms with E-state index in [4.69, 9.17) is 8.92 Å². The molecule has 5 nitrogen and oxygen atoms in total. The van der Waals surface area contributed by atoms with Crippen molar-refractivity contribution < 1.29 is 22.1 Å². The Labute approximate surface area is 99.9 Å². The molecule has 0 spiro atoms. The molecule has 2 saturated carbocycles. The van der Waals surface area contributed by atoms with Crippen molar-refractivity contribution in [1.29, 1.82) is 0 Å².